The van der Waals surface area contributed by atoms with Crippen LogP contribution in [0, 0.1) is 5.92 Å². The summed E-state index contributed by atoms with van der Waals surface area (Å²) >= 11 is 6.20. The Morgan fingerprint density at radius 2 is 2.37 bits per heavy atom. The lowest BCUT2D eigenvalue weighted by molar-refractivity contribution is 0.112. The molecule has 1 aromatic heterocycles. The van der Waals surface area contributed by atoms with Crippen LogP contribution in [0.5, 0.6) is 0 Å². The molecule has 0 radical (unpaired) electrons. The molecular formula is C14H22ClN3O. The number of nitrogens with zero attached hydrogens (tertiary/aromatic N) is 3. The van der Waals surface area contributed by atoms with E-state index in [0.717, 1.165) is 50.0 Å². The molecule has 1 aliphatic rings. The summed E-state index contributed by atoms with van der Waals surface area (Å²) in [7, 11) is 4.21. The highest BCUT2D eigenvalue weighted by Crippen LogP contribution is 2.17. The van der Waals surface area contributed by atoms with Crippen molar-refractivity contribution in [2.24, 2.45) is 5.92 Å². The lowest BCUT2D eigenvalue weighted by atomic mass is 10.1. The van der Waals surface area contributed by atoms with Gasteiger partial charge in [0.2, 0.25) is 0 Å². The van der Waals surface area contributed by atoms with Crippen molar-refractivity contribution in [3.05, 3.63) is 29.0 Å². The number of rotatable bonds is 4. The highest BCUT2D eigenvalue weighted by Gasteiger charge is 2.19. The zero-order valence-corrected chi connectivity index (χ0v) is 12.4. The summed E-state index contributed by atoms with van der Waals surface area (Å²) in [6.45, 7) is 5.53. The van der Waals surface area contributed by atoms with Gasteiger partial charge in [0.25, 0.3) is 0 Å². The first-order chi connectivity index (χ1) is 9.15. The Bertz CT molecular complexity index is 400. The van der Waals surface area contributed by atoms with Crippen molar-refractivity contribution in [3.63, 3.8) is 0 Å². The van der Waals surface area contributed by atoms with Crippen molar-refractivity contribution < 1.29 is 4.74 Å². The summed E-state index contributed by atoms with van der Waals surface area (Å²) in [4.78, 5) is 8.77. The smallest absolute Gasteiger partial charge is 0.0593 e. The van der Waals surface area contributed by atoms with Gasteiger partial charge in [0.05, 0.1) is 13.2 Å². The van der Waals surface area contributed by atoms with Crippen LogP contribution in [0.1, 0.15) is 5.56 Å². The van der Waals surface area contributed by atoms with Crippen LogP contribution in [0.4, 0.5) is 0 Å². The minimum Gasteiger partial charge on any atom is -0.380 e. The lowest BCUT2D eigenvalue weighted by Crippen LogP contribution is -2.34. The van der Waals surface area contributed by atoms with Crippen molar-refractivity contribution in [2.45, 2.75) is 6.54 Å². The van der Waals surface area contributed by atoms with Crippen molar-refractivity contribution in [1.29, 1.82) is 0 Å². The third-order valence-electron chi connectivity index (χ3n) is 3.28. The Morgan fingerprint density at radius 3 is 3.11 bits per heavy atom. The molecule has 0 aliphatic carbocycles. The molecule has 1 aromatic rings. The predicted molar refractivity (Wildman–Crippen MR) is 77.4 cm³/mol. The van der Waals surface area contributed by atoms with E-state index in [1.807, 2.05) is 12.3 Å². The van der Waals surface area contributed by atoms with Crippen LogP contribution in [0.15, 0.2) is 18.5 Å². The average Bonchev–Trinajstić information content (AvgIpc) is 2.57. The third kappa shape index (κ3) is 4.73. The molecule has 5 heteroatoms. The predicted octanol–water partition coefficient (Wildman–Crippen LogP) is 1.74. The van der Waals surface area contributed by atoms with Gasteiger partial charge in [-0.25, -0.2) is 0 Å². The highest BCUT2D eigenvalue weighted by atomic mass is 35.5. The summed E-state index contributed by atoms with van der Waals surface area (Å²) in [5.74, 6) is 0.549. The number of ether oxygens (including phenoxy) is 1. The zero-order chi connectivity index (χ0) is 13.7. The molecular weight excluding hydrogens is 262 g/mol. The molecule has 1 saturated heterocycles. The van der Waals surface area contributed by atoms with Crippen LogP contribution in [-0.2, 0) is 11.3 Å². The Labute approximate surface area is 120 Å². The fraction of sp³-hybridized carbons (Fsp3) is 0.643. The molecule has 0 spiro atoms. The topological polar surface area (TPSA) is 28.6 Å². The molecule has 1 fully saturated rings. The first-order valence-corrected chi connectivity index (χ1v) is 7.06. The van der Waals surface area contributed by atoms with E-state index in [0.29, 0.717) is 5.92 Å². The molecule has 1 aliphatic heterocycles. The van der Waals surface area contributed by atoms with E-state index < -0.39 is 0 Å². The van der Waals surface area contributed by atoms with E-state index in [-0.39, 0.29) is 0 Å². The monoisotopic (exact) mass is 283 g/mol. The first-order valence-electron chi connectivity index (χ1n) is 6.68. The summed E-state index contributed by atoms with van der Waals surface area (Å²) in [6.07, 6.45) is 3.58. The number of halogens is 1. The SMILES string of the molecule is CN(C)C[C@@H]1COCCN(Cc2cnccc2Cl)C1. The van der Waals surface area contributed by atoms with Crippen molar-refractivity contribution in [2.75, 3.05) is 46.9 Å². The summed E-state index contributed by atoms with van der Waals surface area (Å²) in [6, 6.07) is 1.85. The van der Waals surface area contributed by atoms with Crippen molar-refractivity contribution in [1.82, 2.24) is 14.8 Å². The van der Waals surface area contributed by atoms with E-state index >= 15 is 0 Å². The minimum atomic E-state index is 0.549. The van der Waals surface area contributed by atoms with Gasteiger partial charge < -0.3 is 9.64 Å². The highest BCUT2D eigenvalue weighted by molar-refractivity contribution is 6.31. The normalized spacial score (nSPS) is 21.6. The molecule has 0 amide bonds. The molecule has 0 saturated carbocycles. The quantitative estimate of drug-likeness (QED) is 0.842. The van der Waals surface area contributed by atoms with Gasteiger partial charge in [-0.3, -0.25) is 9.88 Å². The fourth-order valence-electron chi connectivity index (χ4n) is 2.49. The maximum atomic E-state index is 6.20. The van der Waals surface area contributed by atoms with E-state index in [1.165, 1.54) is 0 Å². The number of aromatic nitrogens is 1. The number of hydrogen-bond donors (Lipinski definition) is 0. The van der Waals surface area contributed by atoms with Crippen molar-refractivity contribution in [3.8, 4) is 0 Å². The van der Waals surface area contributed by atoms with E-state index in [4.69, 9.17) is 16.3 Å². The summed E-state index contributed by atoms with van der Waals surface area (Å²) in [5.41, 5.74) is 1.09. The van der Waals surface area contributed by atoms with Crippen LogP contribution in [0.2, 0.25) is 5.02 Å². The molecule has 0 N–H and O–H groups in total. The molecule has 1 atom stereocenters. The van der Waals surface area contributed by atoms with Gasteiger partial charge in [-0.05, 0) is 20.2 Å². The third-order valence-corrected chi connectivity index (χ3v) is 3.65. The maximum absolute atomic E-state index is 6.20. The Hall–Kier alpha value is -0.680. The summed E-state index contributed by atoms with van der Waals surface area (Å²) < 4.78 is 5.69. The van der Waals surface area contributed by atoms with Crippen LogP contribution in [0.25, 0.3) is 0 Å². The number of pyridine rings is 1. The second kappa shape index (κ2) is 7.20. The molecule has 106 valence electrons. The lowest BCUT2D eigenvalue weighted by Gasteiger charge is -2.25. The van der Waals surface area contributed by atoms with Gasteiger partial charge in [0.15, 0.2) is 0 Å². The molecule has 0 unspecified atom stereocenters. The molecule has 2 heterocycles. The Balaban J connectivity index is 1.97. The van der Waals surface area contributed by atoms with Crippen LogP contribution >= 0.6 is 11.6 Å². The van der Waals surface area contributed by atoms with Gasteiger partial charge in [-0.1, -0.05) is 11.6 Å². The molecule has 0 bridgehead atoms. The van der Waals surface area contributed by atoms with E-state index in [9.17, 15) is 0 Å². The molecule has 19 heavy (non-hydrogen) atoms. The van der Waals surface area contributed by atoms with Gasteiger partial charge >= 0.3 is 0 Å². The van der Waals surface area contributed by atoms with Crippen LogP contribution < -0.4 is 0 Å². The van der Waals surface area contributed by atoms with Crippen molar-refractivity contribution >= 4 is 11.6 Å². The van der Waals surface area contributed by atoms with E-state index in [2.05, 4.69) is 28.9 Å². The molecule has 0 aromatic carbocycles. The number of hydrogen-bond acceptors (Lipinski definition) is 4. The first kappa shape index (κ1) is 14.7. The van der Waals surface area contributed by atoms with E-state index in [1.54, 1.807) is 6.20 Å². The summed E-state index contributed by atoms with van der Waals surface area (Å²) in [5, 5.41) is 0.796. The van der Waals surface area contributed by atoms with Crippen LogP contribution in [-0.4, -0.2) is 61.7 Å². The standard InChI is InChI=1S/C14H22ClN3O/c1-17(2)8-12-9-18(5-6-19-11-12)10-13-7-16-4-3-14(13)15/h3-4,7,12H,5-6,8-11H2,1-2H3/t12-/m0/s1. The zero-order valence-electron chi connectivity index (χ0n) is 11.7. The van der Waals surface area contributed by atoms with Gasteiger partial charge in [0.1, 0.15) is 0 Å². The average molecular weight is 284 g/mol. The fourth-order valence-corrected chi connectivity index (χ4v) is 2.66. The maximum Gasteiger partial charge on any atom is 0.0593 e. The van der Waals surface area contributed by atoms with Gasteiger partial charge in [-0.2, -0.15) is 0 Å². The van der Waals surface area contributed by atoms with Gasteiger partial charge in [0, 0.05) is 55.1 Å². The van der Waals surface area contributed by atoms with Crippen LogP contribution in [0.3, 0.4) is 0 Å². The molecule has 2 rings (SSSR count). The Kier molecular flexibility index (Phi) is 5.58. The second-order valence-corrected chi connectivity index (χ2v) is 5.81. The Morgan fingerprint density at radius 1 is 1.53 bits per heavy atom. The minimum absolute atomic E-state index is 0.549. The van der Waals surface area contributed by atoms with Gasteiger partial charge in [-0.15, -0.1) is 0 Å². The molecule has 4 nitrogen and oxygen atoms in total. The largest absolute Gasteiger partial charge is 0.380 e. The second-order valence-electron chi connectivity index (χ2n) is 5.41.